The molecule has 0 N–H and O–H groups in total. The van der Waals surface area contributed by atoms with Crippen LogP contribution in [0.15, 0.2) is 47.2 Å². The monoisotopic (exact) mass is 406 g/mol. The third kappa shape index (κ3) is 3.89. The predicted octanol–water partition coefficient (Wildman–Crippen LogP) is 3.50. The lowest BCUT2D eigenvalue weighted by Crippen LogP contribution is -2.51. The van der Waals surface area contributed by atoms with E-state index < -0.39 is 0 Å². The maximum absolute atomic E-state index is 12.8. The largest absolute Gasteiger partial charge is 0.485 e. The molecule has 1 aromatic carbocycles. The molecular weight excluding hydrogens is 380 g/mol. The number of carbonyl (C=O) groups excluding carboxylic acids is 1. The first-order chi connectivity index (χ1) is 14.8. The van der Waals surface area contributed by atoms with Gasteiger partial charge in [0.15, 0.2) is 11.5 Å². The van der Waals surface area contributed by atoms with Gasteiger partial charge in [-0.05, 0) is 25.0 Å². The molecular formula is C23H26N4O3. The first-order valence-electron chi connectivity index (χ1n) is 10.7. The van der Waals surface area contributed by atoms with Gasteiger partial charge >= 0.3 is 0 Å². The second kappa shape index (κ2) is 8.44. The molecule has 7 nitrogen and oxygen atoms in total. The summed E-state index contributed by atoms with van der Waals surface area (Å²) < 4.78 is 11.3. The number of rotatable bonds is 5. The highest BCUT2D eigenvalue weighted by Gasteiger charge is 2.29. The molecule has 7 heteroatoms. The summed E-state index contributed by atoms with van der Waals surface area (Å²) in [7, 11) is 0. The molecule has 2 fully saturated rings. The van der Waals surface area contributed by atoms with Gasteiger partial charge in [0.1, 0.15) is 12.4 Å². The number of aromatic nitrogens is 2. The summed E-state index contributed by atoms with van der Waals surface area (Å²) in [6.07, 6.45) is 8.82. The number of piperazine rings is 1. The zero-order valence-corrected chi connectivity index (χ0v) is 17.0. The number of hydrogen-bond acceptors (Lipinski definition) is 6. The Morgan fingerprint density at radius 2 is 1.97 bits per heavy atom. The lowest BCUT2D eigenvalue weighted by molar-refractivity contribution is 0.0564. The molecule has 1 saturated heterocycles. The molecule has 3 heterocycles. The van der Waals surface area contributed by atoms with Crippen LogP contribution in [0.25, 0.3) is 10.8 Å². The molecule has 30 heavy (non-hydrogen) atoms. The molecule has 1 aliphatic carbocycles. The zero-order valence-electron chi connectivity index (χ0n) is 17.0. The first kappa shape index (κ1) is 19.1. The zero-order chi connectivity index (χ0) is 20.3. The van der Waals surface area contributed by atoms with Gasteiger partial charge in [0.2, 0.25) is 0 Å². The summed E-state index contributed by atoms with van der Waals surface area (Å²) >= 11 is 0. The third-order valence-corrected chi connectivity index (χ3v) is 6.23. The number of pyridine rings is 1. The minimum atomic E-state index is -0.0627. The van der Waals surface area contributed by atoms with E-state index in [0.717, 1.165) is 42.7 Å². The third-order valence-electron chi connectivity index (χ3n) is 6.23. The number of hydrogen-bond donors (Lipinski definition) is 0. The number of carbonyl (C=O) groups is 1. The van der Waals surface area contributed by atoms with E-state index in [2.05, 4.69) is 15.0 Å². The summed E-state index contributed by atoms with van der Waals surface area (Å²) in [6.45, 7) is 3.60. The molecule has 0 unspecified atom stereocenters. The van der Waals surface area contributed by atoms with Crippen molar-refractivity contribution in [3.8, 4) is 5.75 Å². The Hall–Kier alpha value is -2.93. The van der Waals surface area contributed by atoms with E-state index in [-0.39, 0.29) is 12.5 Å². The molecule has 0 bridgehead atoms. The first-order valence-corrected chi connectivity index (χ1v) is 10.7. The normalized spacial score (nSPS) is 18.2. The molecule has 2 aromatic heterocycles. The van der Waals surface area contributed by atoms with Crippen LogP contribution in [0.2, 0.25) is 0 Å². The van der Waals surface area contributed by atoms with Crippen molar-refractivity contribution in [3.05, 3.63) is 54.2 Å². The second-order valence-corrected chi connectivity index (χ2v) is 8.09. The highest BCUT2D eigenvalue weighted by molar-refractivity contribution is 5.92. The Balaban J connectivity index is 1.19. The topological polar surface area (TPSA) is 71.7 Å². The van der Waals surface area contributed by atoms with Crippen LogP contribution in [0.5, 0.6) is 5.75 Å². The Morgan fingerprint density at radius 3 is 2.80 bits per heavy atom. The van der Waals surface area contributed by atoms with E-state index in [1.54, 1.807) is 18.5 Å². The van der Waals surface area contributed by atoms with Gasteiger partial charge in [0.25, 0.3) is 5.91 Å². The smallest absolute Gasteiger partial charge is 0.276 e. The fourth-order valence-corrected chi connectivity index (χ4v) is 4.57. The van der Waals surface area contributed by atoms with E-state index in [0.29, 0.717) is 17.5 Å². The van der Waals surface area contributed by atoms with Gasteiger partial charge in [-0.25, -0.2) is 0 Å². The van der Waals surface area contributed by atoms with Crippen LogP contribution in [0.4, 0.5) is 0 Å². The SMILES string of the molecule is O=C(c1cc(COc2cccc3cnccc23)on1)N1CCN(C2CCCC2)CC1. The van der Waals surface area contributed by atoms with Gasteiger partial charge in [0.05, 0.1) is 0 Å². The number of nitrogens with zero attached hydrogens (tertiary/aromatic N) is 4. The minimum Gasteiger partial charge on any atom is -0.485 e. The second-order valence-electron chi connectivity index (χ2n) is 8.09. The molecule has 1 amide bonds. The van der Waals surface area contributed by atoms with Crippen LogP contribution in [0.1, 0.15) is 41.9 Å². The highest BCUT2D eigenvalue weighted by Crippen LogP contribution is 2.26. The van der Waals surface area contributed by atoms with Crippen LogP contribution in [-0.4, -0.2) is 58.1 Å². The average Bonchev–Trinajstić information content (AvgIpc) is 3.50. The van der Waals surface area contributed by atoms with Crippen LogP contribution < -0.4 is 4.74 Å². The van der Waals surface area contributed by atoms with Crippen LogP contribution in [0.3, 0.4) is 0 Å². The molecule has 1 aliphatic heterocycles. The highest BCUT2D eigenvalue weighted by atomic mass is 16.5. The van der Waals surface area contributed by atoms with Crippen molar-refractivity contribution in [1.29, 1.82) is 0 Å². The van der Waals surface area contributed by atoms with Crippen molar-refractivity contribution in [1.82, 2.24) is 19.9 Å². The summed E-state index contributed by atoms with van der Waals surface area (Å²) in [4.78, 5) is 21.4. The predicted molar refractivity (Wildman–Crippen MR) is 112 cm³/mol. The summed E-state index contributed by atoms with van der Waals surface area (Å²) in [5.74, 6) is 1.23. The van der Waals surface area contributed by atoms with E-state index >= 15 is 0 Å². The lowest BCUT2D eigenvalue weighted by Gasteiger charge is -2.37. The summed E-state index contributed by atoms with van der Waals surface area (Å²) in [5, 5.41) is 6.00. The Kier molecular flexibility index (Phi) is 5.36. The molecule has 2 aliphatic rings. The fourth-order valence-electron chi connectivity index (χ4n) is 4.57. The summed E-state index contributed by atoms with van der Waals surface area (Å²) in [6, 6.07) is 10.2. The van der Waals surface area contributed by atoms with Crippen molar-refractivity contribution in [2.75, 3.05) is 26.2 Å². The lowest BCUT2D eigenvalue weighted by atomic mass is 10.1. The molecule has 5 rings (SSSR count). The Bertz CT molecular complexity index is 1010. The Morgan fingerprint density at radius 1 is 1.13 bits per heavy atom. The van der Waals surface area contributed by atoms with E-state index in [9.17, 15) is 4.79 Å². The molecule has 0 spiro atoms. The molecule has 0 atom stereocenters. The van der Waals surface area contributed by atoms with E-state index in [4.69, 9.17) is 9.26 Å². The fraction of sp³-hybridized carbons (Fsp3) is 0.435. The van der Waals surface area contributed by atoms with Crippen molar-refractivity contribution in [2.24, 2.45) is 0 Å². The molecule has 3 aromatic rings. The van der Waals surface area contributed by atoms with Gasteiger partial charge in [0, 0.05) is 61.5 Å². The average molecular weight is 406 g/mol. The maximum Gasteiger partial charge on any atom is 0.276 e. The van der Waals surface area contributed by atoms with Crippen molar-refractivity contribution in [2.45, 2.75) is 38.3 Å². The standard InChI is InChI=1S/C23H26N4O3/c28-23(27-12-10-26(11-13-27)18-5-1-2-6-18)21-14-19(30-25-21)16-29-22-7-3-4-17-15-24-9-8-20(17)22/h3-4,7-9,14-15,18H,1-2,5-6,10-13,16H2. The summed E-state index contributed by atoms with van der Waals surface area (Å²) in [5.41, 5.74) is 0.352. The van der Waals surface area contributed by atoms with E-state index in [1.165, 1.54) is 25.7 Å². The number of ether oxygens (including phenoxy) is 1. The number of benzene rings is 1. The Labute approximate surface area is 175 Å². The quantitative estimate of drug-likeness (QED) is 0.646. The van der Waals surface area contributed by atoms with Gasteiger partial charge in [-0.15, -0.1) is 0 Å². The molecule has 1 saturated carbocycles. The van der Waals surface area contributed by atoms with Crippen molar-refractivity contribution < 1.29 is 14.1 Å². The van der Waals surface area contributed by atoms with Crippen molar-refractivity contribution >= 4 is 16.7 Å². The number of amides is 1. The van der Waals surface area contributed by atoms with Crippen LogP contribution >= 0.6 is 0 Å². The molecule has 156 valence electrons. The van der Waals surface area contributed by atoms with E-state index in [1.807, 2.05) is 29.2 Å². The number of fused-ring (bicyclic) bond motifs is 1. The van der Waals surface area contributed by atoms with Gasteiger partial charge in [-0.2, -0.15) is 0 Å². The molecule has 0 radical (unpaired) electrons. The maximum atomic E-state index is 12.8. The van der Waals surface area contributed by atoms with Gasteiger partial charge in [-0.1, -0.05) is 30.1 Å². The minimum absolute atomic E-state index is 0.0627. The van der Waals surface area contributed by atoms with Crippen LogP contribution in [-0.2, 0) is 6.61 Å². The van der Waals surface area contributed by atoms with Gasteiger partial charge in [-0.3, -0.25) is 14.7 Å². The van der Waals surface area contributed by atoms with Crippen LogP contribution in [0, 0.1) is 0 Å². The van der Waals surface area contributed by atoms with Gasteiger partial charge < -0.3 is 14.2 Å². The van der Waals surface area contributed by atoms with Crippen molar-refractivity contribution in [3.63, 3.8) is 0 Å².